The summed E-state index contributed by atoms with van der Waals surface area (Å²) in [7, 11) is 0. The van der Waals surface area contributed by atoms with Gasteiger partial charge in [-0.2, -0.15) is 0 Å². The Labute approximate surface area is 129 Å². The van der Waals surface area contributed by atoms with E-state index in [-0.39, 0.29) is 11.5 Å². The largest absolute Gasteiger partial charge is 0.504 e. The monoisotopic (exact) mass is 293 g/mol. The standard InChI is InChI=1S/C19H19NO2/c21-18-7-6-13-16(19(18)22)10-15(12-4-2-1-3-5-12)14-8-9-20-11-17(13)14/h1-7,15,20-22H,8-11H2/t15-/m1/s1. The van der Waals surface area contributed by atoms with Crippen molar-refractivity contribution >= 4 is 5.57 Å². The molecular weight excluding hydrogens is 274 g/mol. The molecule has 3 nitrogen and oxygen atoms in total. The van der Waals surface area contributed by atoms with Crippen molar-refractivity contribution in [3.63, 3.8) is 0 Å². The molecule has 0 radical (unpaired) electrons. The highest BCUT2D eigenvalue weighted by molar-refractivity contribution is 5.79. The van der Waals surface area contributed by atoms with Crippen LogP contribution in [0.5, 0.6) is 11.5 Å². The molecule has 0 spiro atoms. The Morgan fingerprint density at radius 1 is 1.00 bits per heavy atom. The quantitative estimate of drug-likeness (QED) is 0.708. The lowest BCUT2D eigenvalue weighted by atomic mass is 9.73. The summed E-state index contributed by atoms with van der Waals surface area (Å²) in [5.74, 6) is 0.299. The van der Waals surface area contributed by atoms with Crippen molar-refractivity contribution in [3.05, 3.63) is 64.7 Å². The van der Waals surface area contributed by atoms with E-state index in [4.69, 9.17) is 0 Å². The molecule has 1 aliphatic carbocycles. The van der Waals surface area contributed by atoms with Crippen molar-refractivity contribution in [2.24, 2.45) is 0 Å². The molecule has 2 aromatic carbocycles. The summed E-state index contributed by atoms with van der Waals surface area (Å²) in [5.41, 5.74) is 6.01. The average Bonchev–Trinajstić information content (AvgIpc) is 2.58. The summed E-state index contributed by atoms with van der Waals surface area (Å²) in [6.45, 7) is 1.83. The number of hydrogen-bond donors (Lipinski definition) is 3. The molecule has 1 heterocycles. The Bertz CT molecular complexity index is 750. The van der Waals surface area contributed by atoms with Crippen LogP contribution in [0.2, 0.25) is 0 Å². The first-order valence-corrected chi connectivity index (χ1v) is 7.77. The second-order valence-electron chi connectivity index (χ2n) is 6.06. The summed E-state index contributed by atoms with van der Waals surface area (Å²) < 4.78 is 0. The Morgan fingerprint density at radius 3 is 2.64 bits per heavy atom. The third-order valence-electron chi connectivity index (χ3n) is 4.88. The van der Waals surface area contributed by atoms with Crippen LogP contribution >= 0.6 is 0 Å². The van der Waals surface area contributed by atoms with Crippen molar-refractivity contribution in [2.45, 2.75) is 18.8 Å². The van der Waals surface area contributed by atoms with Gasteiger partial charge in [0.2, 0.25) is 0 Å². The van der Waals surface area contributed by atoms with Gasteiger partial charge in [-0.15, -0.1) is 0 Å². The fourth-order valence-electron chi connectivity index (χ4n) is 3.80. The fourth-order valence-corrected chi connectivity index (χ4v) is 3.80. The molecule has 0 unspecified atom stereocenters. The fraction of sp³-hybridized carbons (Fsp3) is 0.263. The molecule has 2 aliphatic rings. The van der Waals surface area contributed by atoms with Gasteiger partial charge in [-0.1, -0.05) is 42.0 Å². The molecule has 0 saturated heterocycles. The Balaban J connectivity index is 1.91. The van der Waals surface area contributed by atoms with E-state index in [0.29, 0.717) is 5.92 Å². The SMILES string of the molecule is Oc1ccc2c(c1O)C[C@H](c1ccccc1)C1=C2CNCC1. The van der Waals surface area contributed by atoms with Gasteiger partial charge in [-0.3, -0.25) is 0 Å². The maximum Gasteiger partial charge on any atom is 0.161 e. The van der Waals surface area contributed by atoms with Gasteiger partial charge in [0.15, 0.2) is 11.5 Å². The molecule has 2 aromatic rings. The zero-order valence-electron chi connectivity index (χ0n) is 12.3. The lowest BCUT2D eigenvalue weighted by molar-refractivity contribution is 0.397. The minimum Gasteiger partial charge on any atom is -0.504 e. The number of fused-ring (bicyclic) bond motifs is 2. The van der Waals surface area contributed by atoms with Crippen LogP contribution in [0, 0.1) is 0 Å². The minimum absolute atomic E-state index is 0.0293. The van der Waals surface area contributed by atoms with Crippen LogP contribution in [0.1, 0.15) is 29.0 Å². The molecule has 0 aromatic heterocycles. The number of aromatic hydroxyl groups is 2. The average molecular weight is 293 g/mol. The Kier molecular flexibility index (Phi) is 3.16. The highest BCUT2D eigenvalue weighted by atomic mass is 16.3. The van der Waals surface area contributed by atoms with Crippen LogP contribution in [0.15, 0.2) is 48.0 Å². The van der Waals surface area contributed by atoms with E-state index >= 15 is 0 Å². The minimum atomic E-state index is -0.0293. The summed E-state index contributed by atoms with van der Waals surface area (Å²) in [6, 6.07) is 14.0. The van der Waals surface area contributed by atoms with E-state index < -0.39 is 0 Å². The first kappa shape index (κ1) is 13.4. The van der Waals surface area contributed by atoms with Crippen LogP contribution in [-0.4, -0.2) is 23.3 Å². The molecular formula is C19H19NO2. The van der Waals surface area contributed by atoms with E-state index in [1.54, 1.807) is 6.07 Å². The number of hydrogen-bond acceptors (Lipinski definition) is 3. The third-order valence-corrected chi connectivity index (χ3v) is 4.88. The molecule has 0 amide bonds. The lowest BCUT2D eigenvalue weighted by Gasteiger charge is -2.34. The molecule has 0 fully saturated rings. The molecule has 3 N–H and O–H groups in total. The zero-order valence-corrected chi connectivity index (χ0v) is 12.3. The van der Waals surface area contributed by atoms with Crippen LogP contribution in [0.4, 0.5) is 0 Å². The molecule has 1 aliphatic heterocycles. The van der Waals surface area contributed by atoms with Crippen molar-refractivity contribution in [2.75, 3.05) is 13.1 Å². The van der Waals surface area contributed by atoms with Crippen molar-refractivity contribution in [1.82, 2.24) is 5.32 Å². The van der Waals surface area contributed by atoms with Crippen LogP contribution in [0.25, 0.3) is 5.57 Å². The number of benzene rings is 2. The van der Waals surface area contributed by atoms with Gasteiger partial charge in [0.05, 0.1) is 0 Å². The molecule has 0 saturated carbocycles. The highest BCUT2D eigenvalue weighted by Gasteiger charge is 2.31. The van der Waals surface area contributed by atoms with Gasteiger partial charge < -0.3 is 15.5 Å². The van der Waals surface area contributed by atoms with Crippen LogP contribution in [-0.2, 0) is 6.42 Å². The summed E-state index contributed by atoms with van der Waals surface area (Å²) in [6.07, 6.45) is 1.79. The van der Waals surface area contributed by atoms with Gasteiger partial charge in [0.25, 0.3) is 0 Å². The predicted molar refractivity (Wildman–Crippen MR) is 87.1 cm³/mol. The van der Waals surface area contributed by atoms with Gasteiger partial charge in [0, 0.05) is 18.0 Å². The lowest BCUT2D eigenvalue weighted by Crippen LogP contribution is -2.30. The van der Waals surface area contributed by atoms with Gasteiger partial charge in [-0.25, -0.2) is 0 Å². The summed E-state index contributed by atoms with van der Waals surface area (Å²) in [5, 5.41) is 23.6. The molecule has 22 heavy (non-hydrogen) atoms. The van der Waals surface area contributed by atoms with Crippen molar-refractivity contribution in [1.29, 1.82) is 0 Å². The first-order valence-electron chi connectivity index (χ1n) is 7.77. The van der Waals surface area contributed by atoms with E-state index in [2.05, 4.69) is 29.6 Å². The third kappa shape index (κ3) is 2.01. The van der Waals surface area contributed by atoms with Crippen molar-refractivity contribution in [3.8, 4) is 11.5 Å². The molecule has 4 rings (SSSR count). The number of phenols is 2. The maximum atomic E-state index is 10.3. The number of rotatable bonds is 1. The topological polar surface area (TPSA) is 52.5 Å². The van der Waals surface area contributed by atoms with Gasteiger partial charge in [0.1, 0.15) is 0 Å². The summed E-state index contributed by atoms with van der Waals surface area (Å²) in [4.78, 5) is 0. The Hall–Kier alpha value is -2.26. The number of phenolic OH excluding ortho intramolecular Hbond substituents is 2. The molecule has 0 bridgehead atoms. The summed E-state index contributed by atoms with van der Waals surface area (Å²) >= 11 is 0. The van der Waals surface area contributed by atoms with Gasteiger partial charge in [-0.05, 0) is 42.2 Å². The molecule has 112 valence electrons. The maximum absolute atomic E-state index is 10.3. The number of nitrogens with one attached hydrogen (secondary N) is 1. The van der Waals surface area contributed by atoms with E-state index in [1.807, 2.05) is 12.1 Å². The highest BCUT2D eigenvalue weighted by Crippen LogP contribution is 2.47. The second-order valence-corrected chi connectivity index (χ2v) is 6.06. The van der Waals surface area contributed by atoms with Gasteiger partial charge >= 0.3 is 0 Å². The van der Waals surface area contributed by atoms with E-state index in [1.165, 1.54) is 16.7 Å². The van der Waals surface area contributed by atoms with Crippen molar-refractivity contribution < 1.29 is 10.2 Å². The second kappa shape index (κ2) is 5.18. The van der Waals surface area contributed by atoms with E-state index in [9.17, 15) is 10.2 Å². The Morgan fingerprint density at radius 2 is 1.82 bits per heavy atom. The molecule has 3 heteroatoms. The van der Waals surface area contributed by atoms with E-state index in [0.717, 1.165) is 37.1 Å². The first-order chi connectivity index (χ1) is 10.8. The molecule has 1 atom stereocenters. The zero-order chi connectivity index (χ0) is 15.1. The smallest absolute Gasteiger partial charge is 0.161 e. The predicted octanol–water partition coefficient (Wildman–Crippen LogP) is 3.18. The normalized spacial score (nSPS) is 20.5. The van der Waals surface area contributed by atoms with Crippen LogP contribution in [0.3, 0.4) is 0 Å². The van der Waals surface area contributed by atoms with Crippen LogP contribution < -0.4 is 5.32 Å².